The second-order valence-electron chi connectivity index (χ2n) is 6.75. The first-order valence-corrected chi connectivity index (χ1v) is 8.19. The molecular weight excluding hydrogens is 310 g/mol. The summed E-state index contributed by atoms with van der Waals surface area (Å²) in [6.45, 7) is 3.53. The number of benzene rings is 1. The molecule has 0 saturated carbocycles. The van der Waals surface area contributed by atoms with Crippen molar-refractivity contribution in [2.75, 3.05) is 33.4 Å². The summed E-state index contributed by atoms with van der Waals surface area (Å²) in [7, 11) is 1.58. The lowest BCUT2D eigenvalue weighted by Gasteiger charge is -2.33. The molecule has 2 saturated heterocycles. The molecule has 0 unspecified atom stereocenters. The first-order chi connectivity index (χ1) is 11.5. The molecule has 2 atom stereocenters. The van der Waals surface area contributed by atoms with E-state index in [-0.39, 0.29) is 24.8 Å². The molecule has 130 valence electrons. The Morgan fingerprint density at radius 2 is 2.25 bits per heavy atom. The van der Waals surface area contributed by atoms with E-state index in [1.54, 1.807) is 12.0 Å². The van der Waals surface area contributed by atoms with Gasteiger partial charge >= 0.3 is 5.97 Å². The van der Waals surface area contributed by atoms with Crippen LogP contribution in [0, 0.1) is 18.3 Å². The molecular formula is C18H23NO5. The Hall–Kier alpha value is -2.08. The first-order valence-electron chi connectivity index (χ1n) is 8.19. The van der Waals surface area contributed by atoms with Crippen LogP contribution < -0.4 is 4.74 Å². The molecule has 2 aliphatic rings. The Balaban J connectivity index is 1.77. The highest BCUT2D eigenvalue weighted by atomic mass is 16.5. The molecule has 3 rings (SSSR count). The molecule has 0 radical (unpaired) electrons. The smallest absolute Gasteiger partial charge is 0.311 e. The number of hydrogen-bond acceptors (Lipinski definition) is 4. The highest BCUT2D eigenvalue weighted by molar-refractivity contribution is 5.83. The standard InChI is InChI=1S/C18H23NO5/c1-12-3-4-15(23-2)13(7-12)8-16(20)19-9-14-10-24-6-5-18(14,11-19)17(21)22/h3-4,7,14H,5-6,8-11H2,1-2H3,(H,21,22)/t14-,18+/m0/s1. The number of ether oxygens (including phenoxy) is 2. The van der Waals surface area contributed by atoms with Crippen LogP contribution in [-0.2, 0) is 20.7 Å². The van der Waals surface area contributed by atoms with Crippen molar-refractivity contribution in [1.29, 1.82) is 0 Å². The van der Waals surface area contributed by atoms with Crippen molar-refractivity contribution in [3.63, 3.8) is 0 Å². The number of carbonyl (C=O) groups is 2. The topological polar surface area (TPSA) is 76.1 Å². The number of carbonyl (C=O) groups excluding carboxylic acids is 1. The van der Waals surface area contributed by atoms with Gasteiger partial charge in [0.15, 0.2) is 0 Å². The monoisotopic (exact) mass is 333 g/mol. The van der Waals surface area contributed by atoms with Gasteiger partial charge in [-0.1, -0.05) is 17.7 Å². The van der Waals surface area contributed by atoms with Gasteiger partial charge in [-0.2, -0.15) is 0 Å². The largest absolute Gasteiger partial charge is 0.496 e. The molecule has 1 amide bonds. The molecule has 0 spiro atoms. The summed E-state index contributed by atoms with van der Waals surface area (Å²) < 4.78 is 10.8. The van der Waals surface area contributed by atoms with E-state index < -0.39 is 11.4 Å². The molecule has 0 aliphatic carbocycles. The molecule has 2 fully saturated rings. The van der Waals surface area contributed by atoms with Gasteiger partial charge < -0.3 is 19.5 Å². The Morgan fingerprint density at radius 1 is 1.46 bits per heavy atom. The SMILES string of the molecule is COc1ccc(C)cc1CC(=O)N1C[C@H]2COCC[C@@]2(C(=O)O)C1. The second kappa shape index (κ2) is 6.43. The van der Waals surface area contributed by atoms with Gasteiger partial charge in [-0.05, 0) is 19.4 Å². The summed E-state index contributed by atoms with van der Waals surface area (Å²) in [6.07, 6.45) is 0.679. The molecule has 24 heavy (non-hydrogen) atoms. The summed E-state index contributed by atoms with van der Waals surface area (Å²) in [4.78, 5) is 26.2. The van der Waals surface area contributed by atoms with E-state index in [1.807, 2.05) is 25.1 Å². The van der Waals surface area contributed by atoms with Gasteiger partial charge in [-0.3, -0.25) is 9.59 Å². The summed E-state index contributed by atoms with van der Waals surface area (Å²) >= 11 is 0. The van der Waals surface area contributed by atoms with Gasteiger partial charge in [-0.15, -0.1) is 0 Å². The number of methoxy groups -OCH3 is 1. The third-order valence-electron chi connectivity index (χ3n) is 5.26. The fourth-order valence-corrected chi connectivity index (χ4v) is 3.81. The lowest BCUT2D eigenvalue weighted by molar-refractivity contribution is -0.157. The second-order valence-corrected chi connectivity index (χ2v) is 6.75. The number of fused-ring (bicyclic) bond motifs is 1. The van der Waals surface area contributed by atoms with Gasteiger partial charge in [0.05, 0.1) is 25.6 Å². The van der Waals surface area contributed by atoms with Crippen LogP contribution in [0.2, 0.25) is 0 Å². The average molecular weight is 333 g/mol. The third-order valence-corrected chi connectivity index (χ3v) is 5.26. The number of rotatable bonds is 4. The van der Waals surface area contributed by atoms with Crippen LogP contribution in [0.1, 0.15) is 17.5 Å². The van der Waals surface area contributed by atoms with E-state index in [0.717, 1.165) is 11.1 Å². The molecule has 0 aromatic heterocycles. The third kappa shape index (κ3) is 2.86. The first kappa shape index (κ1) is 16.8. The Kier molecular flexibility index (Phi) is 4.49. The number of carboxylic acid groups (broad SMARTS) is 1. The van der Waals surface area contributed by atoms with Gasteiger partial charge in [0.1, 0.15) is 5.75 Å². The summed E-state index contributed by atoms with van der Waals surface area (Å²) in [5.74, 6) is -0.331. The molecule has 1 aromatic carbocycles. The van der Waals surface area contributed by atoms with Crippen molar-refractivity contribution in [2.24, 2.45) is 11.3 Å². The highest BCUT2D eigenvalue weighted by Gasteiger charge is 2.54. The van der Waals surface area contributed by atoms with Crippen LogP contribution in [-0.4, -0.2) is 55.3 Å². The Bertz CT molecular complexity index is 659. The minimum absolute atomic E-state index is 0.0612. The fourth-order valence-electron chi connectivity index (χ4n) is 3.81. The predicted octanol–water partition coefficient (Wildman–Crippen LogP) is 1.50. The summed E-state index contributed by atoms with van der Waals surface area (Å²) in [5, 5.41) is 9.69. The average Bonchev–Trinajstić information content (AvgIpc) is 2.96. The number of carboxylic acids is 1. The maximum Gasteiger partial charge on any atom is 0.311 e. The fraction of sp³-hybridized carbons (Fsp3) is 0.556. The summed E-state index contributed by atoms with van der Waals surface area (Å²) in [5.41, 5.74) is 1.03. The minimum Gasteiger partial charge on any atom is -0.496 e. The molecule has 1 N–H and O–H groups in total. The van der Waals surface area contributed by atoms with Gasteiger partial charge in [-0.25, -0.2) is 0 Å². The normalized spacial score (nSPS) is 26.1. The number of amides is 1. The zero-order valence-corrected chi connectivity index (χ0v) is 14.1. The van der Waals surface area contributed by atoms with E-state index in [0.29, 0.717) is 31.9 Å². The number of aliphatic carboxylic acids is 1. The highest BCUT2D eigenvalue weighted by Crippen LogP contribution is 2.42. The number of nitrogens with zero attached hydrogens (tertiary/aromatic N) is 1. The number of likely N-dealkylation sites (tertiary alicyclic amines) is 1. The van der Waals surface area contributed by atoms with Crippen molar-refractivity contribution in [3.05, 3.63) is 29.3 Å². The van der Waals surface area contributed by atoms with E-state index in [1.165, 1.54) is 0 Å². The lowest BCUT2D eigenvalue weighted by Crippen LogP contribution is -2.45. The molecule has 2 heterocycles. The van der Waals surface area contributed by atoms with Crippen molar-refractivity contribution in [3.8, 4) is 5.75 Å². The van der Waals surface area contributed by atoms with E-state index in [2.05, 4.69) is 0 Å². The van der Waals surface area contributed by atoms with Crippen LogP contribution in [0.15, 0.2) is 18.2 Å². The molecule has 2 aliphatic heterocycles. The molecule has 6 heteroatoms. The molecule has 1 aromatic rings. The zero-order chi connectivity index (χ0) is 17.3. The van der Waals surface area contributed by atoms with Crippen LogP contribution >= 0.6 is 0 Å². The van der Waals surface area contributed by atoms with Crippen LogP contribution in [0.5, 0.6) is 5.75 Å². The summed E-state index contributed by atoms with van der Waals surface area (Å²) in [6, 6.07) is 5.73. The van der Waals surface area contributed by atoms with E-state index in [9.17, 15) is 14.7 Å². The predicted molar refractivity (Wildman–Crippen MR) is 87.0 cm³/mol. The van der Waals surface area contributed by atoms with Crippen molar-refractivity contribution in [1.82, 2.24) is 4.90 Å². The maximum absolute atomic E-state index is 12.7. The zero-order valence-electron chi connectivity index (χ0n) is 14.1. The van der Waals surface area contributed by atoms with Gasteiger partial charge in [0, 0.05) is 31.2 Å². The quantitative estimate of drug-likeness (QED) is 0.903. The maximum atomic E-state index is 12.7. The van der Waals surface area contributed by atoms with Crippen LogP contribution in [0.3, 0.4) is 0 Å². The van der Waals surface area contributed by atoms with E-state index in [4.69, 9.17) is 9.47 Å². The lowest BCUT2D eigenvalue weighted by atomic mass is 9.74. The number of aryl methyl sites for hydroxylation is 1. The van der Waals surface area contributed by atoms with E-state index >= 15 is 0 Å². The molecule has 6 nitrogen and oxygen atoms in total. The van der Waals surface area contributed by atoms with Gasteiger partial charge in [0.25, 0.3) is 0 Å². The van der Waals surface area contributed by atoms with Gasteiger partial charge in [0.2, 0.25) is 5.91 Å². The minimum atomic E-state index is -0.857. The number of hydrogen-bond donors (Lipinski definition) is 1. The Morgan fingerprint density at radius 3 is 2.92 bits per heavy atom. The van der Waals surface area contributed by atoms with Crippen LogP contribution in [0.25, 0.3) is 0 Å². The van der Waals surface area contributed by atoms with Crippen molar-refractivity contribution in [2.45, 2.75) is 19.8 Å². The van der Waals surface area contributed by atoms with Crippen molar-refractivity contribution >= 4 is 11.9 Å². The molecule has 0 bridgehead atoms. The Labute approximate surface area is 141 Å². The van der Waals surface area contributed by atoms with Crippen LogP contribution in [0.4, 0.5) is 0 Å². The van der Waals surface area contributed by atoms with Crippen molar-refractivity contribution < 1.29 is 24.2 Å².